The van der Waals surface area contributed by atoms with Crippen molar-refractivity contribution in [2.24, 2.45) is 11.8 Å². The van der Waals surface area contributed by atoms with Gasteiger partial charge in [-0.25, -0.2) is 4.79 Å². The zero-order valence-corrected chi connectivity index (χ0v) is 16.4. The zero-order valence-electron chi connectivity index (χ0n) is 16.4. The van der Waals surface area contributed by atoms with Gasteiger partial charge >= 0.3 is 6.09 Å². The van der Waals surface area contributed by atoms with Gasteiger partial charge in [0.25, 0.3) is 0 Å². The molecule has 0 aromatic heterocycles. The predicted molar refractivity (Wildman–Crippen MR) is 112 cm³/mol. The fraction of sp³-hybridized carbons (Fsp3) is 0.435. The summed E-state index contributed by atoms with van der Waals surface area (Å²) < 4.78 is 5.78. The van der Waals surface area contributed by atoms with Crippen molar-refractivity contribution in [3.8, 4) is 11.1 Å². The Kier molecular flexibility index (Phi) is 5.93. The maximum atomic E-state index is 12.5. The quantitative estimate of drug-likeness (QED) is 0.801. The van der Waals surface area contributed by atoms with Crippen LogP contribution in [0, 0.1) is 11.8 Å². The molecule has 2 aromatic rings. The van der Waals surface area contributed by atoms with Gasteiger partial charge in [0.05, 0.1) is 5.69 Å². The van der Waals surface area contributed by atoms with Crippen LogP contribution in [0.1, 0.15) is 12.8 Å². The number of rotatable bonds is 6. The van der Waals surface area contributed by atoms with Gasteiger partial charge in [-0.15, -0.1) is 0 Å². The third-order valence-corrected chi connectivity index (χ3v) is 5.98. The Hall–Kier alpha value is -2.37. The topological polar surface area (TPSA) is 53.6 Å². The van der Waals surface area contributed by atoms with Crippen LogP contribution in [0.2, 0.25) is 0 Å². The van der Waals surface area contributed by atoms with E-state index in [1.165, 1.54) is 0 Å². The highest BCUT2D eigenvalue weighted by Gasteiger charge is 2.42. The predicted octanol–water partition coefficient (Wildman–Crippen LogP) is 3.83. The lowest BCUT2D eigenvalue weighted by Crippen LogP contribution is -2.31. The minimum absolute atomic E-state index is 0.0327. The van der Waals surface area contributed by atoms with Crippen molar-refractivity contribution in [3.63, 3.8) is 0 Å². The number of carbonyl (C=O) groups excluding carboxylic acids is 1. The molecule has 1 amide bonds. The molecule has 4 rings (SSSR count). The number of likely N-dealkylation sites (N-methyl/N-ethyl adjacent to an activating group) is 1. The molecule has 1 heterocycles. The van der Waals surface area contributed by atoms with Crippen LogP contribution in [0.15, 0.2) is 54.6 Å². The normalized spacial score (nSPS) is 24.1. The highest BCUT2D eigenvalue weighted by Crippen LogP contribution is 2.39. The Morgan fingerprint density at radius 1 is 1.04 bits per heavy atom. The molecule has 2 unspecified atom stereocenters. The molecule has 0 spiro atoms. The zero-order chi connectivity index (χ0) is 19.3. The van der Waals surface area contributed by atoms with Gasteiger partial charge < -0.3 is 15.0 Å². The first-order chi connectivity index (χ1) is 13.7. The monoisotopic (exact) mass is 379 g/mol. The average Bonchev–Trinajstić information content (AvgIpc) is 3.25. The fourth-order valence-electron chi connectivity index (χ4n) is 4.64. The summed E-state index contributed by atoms with van der Waals surface area (Å²) >= 11 is 0. The second kappa shape index (κ2) is 8.76. The summed E-state index contributed by atoms with van der Waals surface area (Å²) in [5.74, 6) is 1.32. The van der Waals surface area contributed by atoms with E-state index in [1.807, 2.05) is 61.6 Å². The van der Waals surface area contributed by atoms with Gasteiger partial charge in [0, 0.05) is 31.7 Å². The average molecular weight is 380 g/mol. The maximum Gasteiger partial charge on any atom is 0.411 e. The number of likely N-dealkylation sites (tertiary alicyclic amines) is 1. The van der Waals surface area contributed by atoms with Gasteiger partial charge in [0.2, 0.25) is 0 Å². The maximum absolute atomic E-state index is 12.5. The molecule has 2 aromatic carbocycles. The fourth-order valence-corrected chi connectivity index (χ4v) is 4.64. The molecule has 0 bridgehead atoms. The number of amides is 1. The van der Waals surface area contributed by atoms with E-state index >= 15 is 0 Å². The molecule has 1 saturated heterocycles. The second-order valence-electron chi connectivity index (χ2n) is 7.92. The van der Waals surface area contributed by atoms with E-state index in [4.69, 9.17) is 4.74 Å². The molecule has 0 radical (unpaired) electrons. The molecule has 5 nitrogen and oxygen atoms in total. The summed E-state index contributed by atoms with van der Waals surface area (Å²) in [4.78, 5) is 15.1. The molecule has 2 aliphatic rings. The lowest BCUT2D eigenvalue weighted by molar-refractivity contribution is 0.106. The lowest BCUT2D eigenvalue weighted by Gasteiger charge is -2.19. The van der Waals surface area contributed by atoms with Crippen LogP contribution in [0.5, 0.6) is 0 Å². The molecule has 5 heteroatoms. The van der Waals surface area contributed by atoms with Crippen molar-refractivity contribution in [1.29, 1.82) is 0 Å². The number of hydrogen-bond acceptors (Lipinski definition) is 4. The van der Waals surface area contributed by atoms with Gasteiger partial charge in [-0.1, -0.05) is 48.5 Å². The van der Waals surface area contributed by atoms with Crippen LogP contribution >= 0.6 is 0 Å². The number of anilines is 1. The van der Waals surface area contributed by atoms with Crippen LogP contribution in [0.3, 0.4) is 0 Å². The summed E-state index contributed by atoms with van der Waals surface area (Å²) in [6.45, 7) is 4.39. The van der Waals surface area contributed by atoms with Crippen LogP contribution in [-0.4, -0.2) is 50.3 Å². The number of carbonyl (C=O) groups is 1. The second-order valence-corrected chi connectivity index (χ2v) is 7.92. The largest absolute Gasteiger partial charge is 0.446 e. The number of hydrogen-bond donors (Lipinski definition) is 2. The molecule has 2 fully saturated rings. The highest BCUT2D eigenvalue weighted by atomic mass is 16.6. The van der Waals surface area contributed by atoms with E-state index in [0.717, 1.165) is 55.8 Å². The minimum atomic E-state index is -0.347. The van der Waals surface area contributed by atoms with E-state index in [1.54, 1.807) is 0 Å². The molecule has 2 atom stereocenters. The minimum Gasteiger partial charge on any atom is -0.446 e. The van der Waals surface area contributed by atoms with Crippen LogP contribution in [0.25, 0.3) is 11.1 Å². The third-order valence-electron chi connectivity index (χ3n) is 5.98. The summed E-state index contributed by atoms with van der Waals surface area (Å²) in [6.07, 6.45) is 1.65. The van der Waals surface area contributed by atoms with Gasteiger partial charge in [0.15, 0.2) is 0 Å². The van der Waals surface area contributed by atoms with Crippen LogP contribution < -0.4 is 10.6 Å². The van der Waals surface area contributed by atoms with E-state index < -0.39 is 0 Å². The Bertz CT molecular complexity index is 781. The van der Waals surface area contributed by atoms with Crippen molar-refractivity contribution in [2.75, 3.05) is 38.5 Å². The first kappa shape index (κ1) is 19.0. The molecular formula is C23H29N3O2. The Morgan fingerprint density at radius 2 is 1.71 bits per heavy atom. The number of benzene rings is 2. The van der Waals surface area contributed by atoms with E-state index in [0.29, 0.717) is 11.8 Å². The molecule has 28 heavy (non-hydrogen) atoms. The molecule has 148 valence electrons. The number of para-hydroxylation sites is 1. The van der Waals surface area contributed by atoms with E-state index in [9.17, 15) is 4.79 Å². The Labute approximate surface area is 167 Å². The van der Waals surface area contributed by atoms with Crippen molar-refractivity contribution >= 4 is 11.8 Å². The van der Waals surface area contributed by atoms with Gasteiger partial charge in [-0.2, -0.15) is 0 Å². The molecule has 1 aliphatic heterocycles. The first-order valence-corrected chi connectivity index (χ1v) is 10.2. The Morgan fingerprint density at radius 3 is 2.43 bits per heavy atom. The molecule has 1 aliphatic carbocycles. The smallest absolute Gasteiger partial charge is 0.411 e. The summed E-state index contributed by atoms with van der Waals surface area (Å²) in [6, 6.07) is 17.9. The van der Waals surface area contributed by atoms with Gasteiger partial charge in [-0.05, 0) is 43.4 Å². The lowest BCUT2D eigenvalue weighted by atomic mass is 10.0. The highest BCUT2D eigenvalue weighted by molar-refractivity contribution is 5.91. The Balaban J connectivity index is 1.32. The third kappa shape index (κ3) is 4.37. The molecule has 2 N–H and O–H groups in total. The van der Waals surface area contributed by atoms with Gasteiger partial charge in [-0.3, -0.25) is 5.32 Å². The molecular weight excluding hydrogens is 350 g/mol. The number of nitrogens with one attached hydrogen (secondary N) is 2. The summed E-state index contributed by atoms with van der Waals surface area (Å²) in [5.41, 5.74) is 2.87. The number of fused-ring (bicyclic) bond motifs is 1. The number of nitrogens with zero attached hydrogens (tertiary/aromatic N) is 1. The SMILES string of the molecule is CNCCN1CC2CC(OC(=O)Nc3ccccc3-c3ccccc3)CC2C1. The summed E-state index contributed by atoms with van der Waals surface area (Å²) in [7, 11) is 2.00. The first-order valence-electron chi connectivity index (χ1n) is 10.2. The van der Waals surface area contributed by atoms with Crippen molar-refractivity contribution in [2.45, 2.75) is 18.9 Å². The van der Waals surface area contributed by atoms with Crippen molar-refractivity contribution in [3.05, 3.63) is 54.6 Å². The number of ether oxygens (including phenoxy) is 1. The van der Waals surface area contributed by atoms with Crippen LogP contribution in [0.4, 0.5) is 10.5 Å². The van der Waals surface area contributed by atoms with Crippen LogP contribution in [-0.2, 0) is 4.74 Å². The van der Waals surface area contributed by atoms with Crippen molar-refractivity contribution < 1.29 is 9.53 Å². The van der Waals surface area contributed by atoms with E-state index in [-0.39, 0.29) is 12.2 Å². The van der Waals surface area contributed by atoms with Crippen molar-refractivity contribution in [1.82, 2.24) is 10.2 Å². The standard InChI is InChI=1S/C23H29N3O2/c1-24-11-12-26-15-18-13-20(14-19(18)16-26)28-23(27)25-22-10-6-5-9-21(22)17-7-3-2-4-8-17/h2-10,18-20,24H,11-16H2,1H3,(H,25,27). The van der Waals surface area contributed by atoms with Gasteiger partial charge in [0.1, 0.15) is 6.10 Å². The summed E-state index contributed by atoms with van der Waals surface area (Å²) in [5, 5.41) is 6.17. The molecule has 1 saturated carbocycles. The van der Waals surface area contributed by atoms with E-state index in [2.05, 4.69) is 15.5 Å².